The molecule has 4 heteroatoms. The fraction of sp³-hybridized carbons (Fsp3) is 0.400. The quantitative estimate of drug-likeness (QED) is 0.748. The van der Waals surface area contributed by atoms with Gasteiger partial charge >= 0.3 is 0 Å². The second-order valence-electron chi connectivity index (χ2n) is 3.44. The van der Waals surface area contributed by atoms with Gasteiger partial charge in [-0.05, 0) is 24.1 Å². The molecule has 14 heavy (non-hydrogen) atoms. The van der Waals surface area contributed by atoms with Crippen molar-refractivity contribution in [3.8, 4) is 0 Å². The number of hydrogen-bond donors (Lipinski definition) is 1. The molecule has 2 nitrogen and oxygen atoms in total. The van der Waals surface area contributed by atoms with Crippen molar-refractivity contribution < 1.29 is 4.74 Å². The summed E-state index contributed by atoms with van der Waals surface area (Å²) in [5.41, 5.74) is 9.24. The molecule has 0 bridgehead atoms. The van der Waals surface area contributed by atoms with Crippen LogP contribution in [0.2, 0.25) is 5.02 Å². The zero-order valence-electron chi connectivity index (χ0n) is 7.92. The average Bonchev–Trinajstić information content (AvgIpc) is 2.07. The number of nitrogens with two attached hydrogens (primary N) is 1. The molecule has 1 unspecified atom stereocenters. The van der Waals surface area contributed by atoms with Crippen molar-refractivity contribution >= 4 is 24.0 Å². The normalized spacial score (nSPS) is 19.8. The monoisotopic (exact) mass is 233 g/mol. The van der Waals surface area contributed by atoms with Crippen molar-refractivity contribution in [1.82, 2.24) is 0 Å². The Bertz CT molecular complexity index is 341. The van der Waals surface area contributed by atoms with E-state index in [1.54, 1.807) is 0 Å². The molecule has 0 saturated heterocycles. The van der Waals surface area contributed by atoms with Gasteiger partial charge in [-0.15, -0.1) is 12.4 Å². The number of ether oxygens (including phenoxy) is 1. The number of halogens is 2. The fourth-order valence-corrected chi connectivity index (χ4v) is 2.00. The van der Waals surface area contributed by atoms with Crippen LogP contribution in [-0.4, -0.2) is 6.61 Å². The Labute approximate surface area is 94.8 Å². The Balaban J connectivity index is 0.000000980. The first kappa shape index (κ1) is 11.8. The molecule has 1 aliphatic rings. The van der Waals surface area contributed by atoms with Gasteiger partial charge in [0, 0.05) is 10.6 Å². The summed E-state index contributed by atoms with van der Waals surface area (Å²) in [6.45, 7) is 3.20. The molecule has 0 aliphatic carbocycles. The van der Waals surface area contributed by atoms with Crippen LogP contribution < -0.4 is 5.73 Å². The zero-order chi connectivity index (χ0) is 9.42. The maximum atomic E-state index is 6.08. The minimum absolute atomic E-state index is 0. The molecule has 0 saturated carbocycles. The van der Waals surface area contributed by atoms with Gasteiger partial charge in [0.05, 0.1) is 19.3 Å². The van der Waals surface area contributed by atoms with Crippen molar-refractivity contribution in [2.45, 2.75) is 19.6 Å². The van der Waals surface area contributed by atoms with Crippen LogP contribution in [-0.2, 0) is 11.3 Å². The fourth-order valence-electron chi connectivity index (χ4n) is 1.66. The standard InChI is InChI=1S/C10H12ClNO.ClH/c1-6-2-7-8(9(11)3-6)4-13-5-10(7)12;/h2-3,10H,4-5,12H2,1H3;1H. The first-order valence-electron chi connectivity index (χ1n) is 4.30. The number of hydrogen-bond acceptors (Lipinski definition) is 2. The van der Waals surface area contributed by atoms with E-state index in [0.717, 1.165) is 21.7 Å². The van der Waals surface area contributed by atoms with Crippen molar-refractivity contribution in [2.24, 2.45) is 5.73 Å². The van der Waals surface area contributed by atoms with E-state index in [-0.39, 0.29) is 18.4 Å². The maximum absolute atomic E-state index is 6.08. The highest BCUT2D eigenvalue weighted by atomic mass is 35.5. The number of rotatable bonds is 0. The molecule has 1 heterocycles. The first-order valence-corrected chi connectivity index (χ1v) is 4.68. The molecule has 0 radical (unpaired) electrons. The van der Waals surface area contributed by atoms with E-state index in [1.165, 1.54) is 0 Å². The smallest absolute Gasteiger partial charge is 0.0735 e. The number of benzene rings is 1. The Hall–Kier alpha value is -0.280. The van der Waals surface area contributed by atoms with Crippen LogP contribution in [0.15, 0.2) is 12.1 Å². The first-order chi connectivity index (χ1) is 6.18. The molecule has 0 spiro atoms. The van der Waals surface area contributed by atoms with Crippen molar-refractivity contribution in [3.05, 3.63) is 33.8 Å². The Kier molecular flexibility index (Phi) is 3.78. The van der Waals surface area contributed by atoms with E-state index in [0.29, 0.717) is 13.2 Å². The predicted octanol–water partition coefficient (Wildman–Crippen LogP) is 2.60. The topological polar surface area (TPSA) is 35.2 Å². The molecular formula is C10H13Cl2NO. The van der Waals surface area contributed by atoms with Gasteiger partial charge < -0.3 is 10.5 Å². The van der Waals surface area contributed by atoms with Crippen LogP contribution in [0.5, 0.6) is 0 Å². The van der Waals surface area contributed by atoms with E-state index in [4.69, 9.17) is 22.1 Å². The predicted molar refractivity (Wildman–Crippen MR) is 60.0 cm³/mol. The van der Waals surface area contributed by atoms with Gasteiger partial charge in [0.2, 0.25) is 0 Å². The molecule has 1 aliphatic heterocycles. The highest BCUT2D eigenvalue weighted by molar-refractivity contribution is 6.31. The van der Waals surface area contributed by atoms with E-state index in [2.05, 4.69) is 6.07 Å². The van der Waals surface area contributed by atoms with Crippen molar-refractivity contribution in [2.75, 3.05) is 6.61 Å². The van der Waals surface area contributed by atoms with Gasteiger partial charge in [0.25, 0.3) is 0 Å². The van der Waals surface area contributed by atoms with Crippen LogP contribution in [0.4, 0.5) is 0 Å². The molecular weight excluding hydrogens is 221 g/mol. The van der Waals surface area contributed by atoms with E-state index in [1.807, 2.05) is 13.0 Å². The van der Waals surface area contributed by atoms with E-state index in [9.17, 15) is 0 Å². The van der Waals surface area contributed by atoms with Crippen LogP contribution in [0.25, 0.3) is 0 Å². The minimum atomic E-state index is -0.0267. The van der Waals surface area contributed by atoms with Gasteiger partial charge in [0.15, 0.2) is 0 Å². The van der Waals surface area contributed by atoms with Crippen molar-refractivity contribution in [3.63, 3.8) is 0 Å². The summed E-state index contributed by atoms with van der Waals surface area (Å²) < 4.78 is 5.32. The summed E-state index contributed by atoms with van der Waals surface area (Å²) >= 11 is 6.08. The third kappa shape index (κ3) is 2.04. The lowest BCUT2D eigenvalue weighted by molar-refractivity contribution is 0.0924. The number of aryl methyl sites for hydroxylation is 1. The van der Waals surface area contributed by atoms with Crippen molar-refractivity contribution in [1.29, 1.82) is 0 Å². The molecule has 2 N–H and O–H groups in total. The molecule has 78 valence electrons. The molecule has 0 amide bonds. The summed E-state index contributed by atoms with van der Waals surface area (Å²) in [5.74, 6) is 0. The van der Waals surface area contributed by atoms with Gasteiger partial charge in [0.1, 0.15) is 0 Å². The molecule has 1 aromatic carbocycles. The second-order valence-corrected chi connectivity index (χ2v) is 3.84. The number of fused-ring (bicyclic) bond motifs is 1. The summed E-state index contributed by atoms with van der Waals surface area (Å²) in [4.78, 5) is 0. The Morgan fingerprint density at radius 2 is 2.21 bits per heavy atom. The SMILES string of the molecule is Cc1cc(Cl)c2c(c1)C(N)COC2.Cl. The maximum Gasteiger partial charge on any atom is 0.0735 e. The van der Waals surface area contributed by atoms with Crippen LogP contribution in [0, 0.1) is 6.92 Å². The third-order valence-corrected chi connectivity index (χ3v) is 2.65. The molecule has 1 aromatic rings. The minimum Gasteiger partial charge on any atom is -0.375 e. The summed E-state index contributed by atoms with van der Waals surface area (Å²) in [5, 5.41) is 0.769. The highest BCUT2D eigenvalue weighted by Crippen LogP contribution is 2.30. The molecule has 2 rings (SSSR count). The van der Waals surface area contributed by atoms with E-state index >= 15 is 0 Å². The molecule has 0 fully saturated rings. The lowest BCUT2D eigenvalue weighted by Crippen LogP contribution is -2.23. The lowest BCUT2D eigenvalue weighted by atomic mass is 9.97. The lowest BCUT2D eigenvalue weighted by Gasteiger charge is -2.23. The van der Waals surface area contributed by atoms with Crippen LogP contribution in [0.3, 0.4) is 0 Å². The molecule has 0 aromatic heterocycles. The largest absolute Gasteiger partial charge is 0.375 e. The summed E-state index contributed by atoms with van der Waals surface area (Å²) in [7, 11) is 0. The Morgan fingerprint density at radius 3 is 2.93 bits per heavy atom. The zero-order valence-corrected chi connectivity index (χ0v) is 9.49. The van der Waals surface area contributed by atoms with Gasteiger partial charge in [-0.2, -0.15) is 0 Å². The van der Waals surface area contributed by atoms with Crippen LogP contribution in [0.1, 0.15) is 22.7 Å². The Morgan fingerprint density at radius 1 is 1.50 bits per heavy atom. The highest BCUT2D eigenvalue weighted by Gasteiger charge is 2.19. The van der Waals surface area contributed by atoms with Gasteiger partial charge in [-0.3, -0.25) is 0 Å². The third-order valence-electron chi connectivity index (χ3n) is 2.32. The van der Waals surface area contributed by atoms with Crippen LogP contribution >= 0.6 is 24.0 Å². The average molecular weight is 234 g/mol. The van der Waals surface area contributed by atoms with Gasteiger partial charge in [-0.1, -0.05) is 17.7 Å². The summed E-state index contributed by atoms with van der Waals surface area (Å²) in [6, 6.07) is 4.01. The molecule has 1 atom stereocenters. The summed E-state index contributed by atoms with van der Waals surface area (Å²) in [6.07, 6.45) is 0. The van der Waals surface area contributed by atoms with Gasteiger partial charge in [-0.25, -0.2) is 0 Å². The van der Waals surface area contributed by atoms with E-state index < -0.39 is 0 Å². The second kappa shape index (κ2) is 4.49.